The lowest BCUT2D eigenvalue weighted by Crippen LogP contribution is -2.44. The molecular weight excluding hydrogens is 444 g/mol. The number of benzene rings is 1. The first-order valence-electron chi connectivity index (χ1n) is 10.8. The normalized spacial score (nSPS) is 25.5. The van der Waals surface area contributed by atoms with E-state index in [-0.39, 0.29) is 28.0 Å². The molecular formula is C21H29ClN2O4S2. The Labute approximate surface area is 188 Å². The molecule has 3 fully saturated rings. The van der Waals surface area contributed by atoms with E-state index in [1.165, 1.54) is 10.4 Å². The van der Waals surface area contributed by atoms with Gasteiger partial charge < -0.3 is 9.64 Å². The molecule has 3 aliphatic heterocycles. The molecule has 0 spiro atoms. The maximum Gasteiger partial charge on any atom is 0.254 e. The fourth-order valence-corrected chi connectivity index (χ4v) is 7.66. The van der Waals surface area contributed by atoms with E-state index in [1.54, 1.807) is 12.1 Å². The monoisotopic (exact) mass is 472 g/mol. The first-order valence-corrected chi connectivity index (χ1v) is 13.7. The van der Waals surface area contributed by atoms with Crippen LogP contribution < -0.4 is 0 Å². The highest BCUT2D eigenvalue weighted by molar-refractivity contribution is 7.99. The fraction of sp³-hybridized carbons (Fsp3) is 0.667. The first kappa shape index (κ1) is 22.4. The van der Waals surface area contributed by atoms with Gasteiger partial charge in [0.1, 0.15) is 4.90 Å². The van der Waals surface area contributed by atoms with Crippen LogP contribution in [-0.4, -0.2) is 73.4 Å². The predicted molar refractivity (Wildman–Crippen MR) is 120 cm³/mol. The predicted octanol–water partition coefficient (Wildman–Crippen LogP) is 3.64. The second-order valence-corrected chi connectivity index (χ2v) is 11.7. The van der Waals surface area contributed by atoms with Crippen molar-refractivity contribution in [3.05, 3.63) is 28.8 Å². The average Bonchev–Trinajstić information content (AvgIpc) is 3.46. The van der Waals surface area contributed by atoms with Crippen LogP contribution in [0.5, 0.6) is 0 Å². The van der Waals surface area contributed by atoms with Crippen LogP contribution >= 0.6 is 23.4 Å². The minimum absolute atomic E-state index is 0.0368. The van der Waals surface area contributed by atoms with E-state index in [1.807, 2.05) is 16.7 Å². The number of thioether (sulfide) groups is 1. The van der Waals surface area contributed by atoms with Gasteiger partial charge in [-0.25, -0.2) is 8.42 Å². The standard InChI is InChI=1S/C21H29ClN2O4S2/c22-19-7-6-16(13-20(19)30(26,27)23-9-2-1-3-10-23)21(25)24(17-8-12-29-15-17)14-18-5-4-11-28-18/h6-7,13,17-18H,1-5,8-12,14-15H2. The molecule has 4 rings (SSSR count). The molecule has 0 bridgehead atoms. The van der Waals surface area contributed by atoms with Crippen molar-refractivity contribution in [2.45, 2.75) is 55.6 Å². The number of carbonyl (C=O) groups is 1. The van der Waals surface area contributed by atoms with Crippen LogP contribution in [0.2, 0.25) is 5.02 Å². The largest absolute Gasteiger partial charge is 0.376 e. The Balaban J connectivity index is 1.61. The van der Waals surface area contributed by atoms with Crippen LogP contribution in [0, 0.1) is 0 Å². The van der Waals surface area contributed by atoms with E-state index in [4.69, 9.17) is 16.3 Å². The molecule has 3 heterocycles. The van der Waals surface area contributed by atoms with E-state index in [0.717, 1.165) is 56.6 Å². The van der Waals surface area contributed by atoms with Crippen molar-refractivity contribution >= 4 is 39.3 Å². The van der Waals surface area contributed by atoms with Crippen molar-refractivity contribution in [2.24, 2.45) is 0 Å². The third-order valence-corrected chi connectivity index (χ3v) is 9.67. The number of piperidine rings is 1. The van der Waals surface area contributed by atoms with Crippen LogP contribution in [0.3, 0.4) is 0 Å². The van der Waals surface area contributed by atoms with Crippen LogP contribution in [-0.2, 0) is 14.8 Å². The SMILES string of the molecule is O=C(c1ccc(Cl)c(S(=O)(=O)N2CCCCC2)c1)N(CC1CCCO1)C1CCSC1. The molecule has 30 heavy (non-hydrogen) atoms. The van der Waals surface area contributed by atoms with Gasteiger partial charge in [-0.2, -0.15) is 16.1 Å². The fourth-order valence-electron chi connectivity index (χ4n) is 4.42. The van der Waals surface area contributed by atoms with Gasteiger partial charge in [0.2, 0.25) is 10.0 Å². The zero-order valence-corrected chi connectivity index (χ0v) is 19.5. The molecule has 0 aliphatic carbocycles. The van der Waals surface area contributed by atoms with E-state index < -0.39 is 10.0 Å². The highest BCUT2D eigenvalue weighted by Gasteiger charge is 2.33. The van der Waals surface area contributed by atoms with Gasteiger partial charge in [-0.3, -0.25) is 4.79 Å². The minimum Gasteiger partial charge on any atom is -0.376 e. The van der Waals surface area contributed by atoms with Crippen molar-refractivity contribution in [2.75, 3.05) is 37.7 Å². The summed E-state index contributed by atoms with van der Waals surface area (Å²) < 4.78 is 33.6. The Hall–Kier alpha value is -0.800. The van der Waals surface area contributed by atoms with Crippen molar-refractivity contribution < 1.29 is 17.9 Å². The third kappa shape index (κ3) is 4.83. The summed E-state index contributed by atoms with van der Waals surface area (Å²) >= 11 is 8.15. The summed E-state index contributed by atoms with van der Waals surface area (Å²) in [6.07, 6.45) is 5.73. The molecule has 166 valence electrons. The average molecular weight is 473 g/mol. The van der Waals surface area contributed by atoms with Crippen LogP contribution in [0.25, 0.3) is 0 Å². The molecule has 1 aromatic rings. The van der Waals surface area contributed by atoms with Crippen molar-refractivity contribution in [1.82, 2.24) is 9.21 Å². The zero-order chi connectivity index (χ0) is 21.1. The molecule has 6 nitrogen and oxygen atoms in total. The van der Waals surface area contributed by atoms with Gasteiger partial charge >= 0.3 is 0 Å². The number of nitrogens with zero attached hydrogens (tertiary/aromatic N) is 2. The number of amides is 1. The van der Waals surface area contributed by atoms with Gasteiger partial charge in [0.05, 0.1) is 11.1 Å². The molecule has 3 saturated heterocycles. The Kier molecular flexibility index (Phi) is 7.30. The second kappa shape index (κ2) is 9.77. The zero-order valence-electron chi connectivity index (χ0n) is 17.1. The van der Waals surface area contributed by atoms with Gasteiger partial charge in [0, 0.05) is 43.6 Å². The summed E-state index contributed by atoms with van der Waals surface area (Å²) in [6.45, 7) is 2.30. The number of rotatable bonds is 6. The van der Waals surface area contributed by atoms with Gasteiger partial charge in [-0.1, -0.05) is 18.0 Å². The van der Waals surface area contributed by atoms with Gasteiger partial charge in [-0.05, 0) is 56.1 Å². The van der Waals surface area contributed by atoms with E-state index in [2.05, 4.69) is 0 Å². The molecule has 1 amide bonds. The summed E-state index contributed by atoms with van der Waals surface area (Å²) in [5.41, 5.74) is 0.380. The number of carbonyl (C=O) groups excluding carboxylic acids is 1. The summed E-state index contributed by atoms with van der Waals surface area (Å²) in [5, 5.41) is 0.166. The highest BCUT2D eigenvalue weighted by atomic mass is 35.5. The van der Waals surface area contributed by atoms with Gasteiger partial charge in [0.25, 0.3) is 5.91 Å². The second-order valence-electron chi connectivity index (χ2n) is 8.22. The van der Waals surface area contributed by atoms with E-state index in [0.29, 0.717) is 25.2 Å². The maximum atomic E-state index is 13.5. The van der Waals surface area contributed by atoms with Gasteiger partial charge in [-0.15, -0.1) is 0 Å². The Bertz CT molecular complexity index is 862. The summed E-state index contributed by atoms with van der Waals surface area (Å²) in [7, 11) is -3.71. The Morgan fingerprint density at radius 2 is 2.00 bits per heavy atom. The summed E-state index contributed by atoms with van der Waals surface area (Å²) in [4.78, 5) is 15.4. The third-order valence-electron chi connectivity index (χ3n) is 6.14. The number of sulfonamides is 1. The summed E-state index contributed by atoms with van der Waals surface area (Å²) in [6, 6.07) is 4.81. The van der Waals surface area contributed by atoms with Crippen molar-refractivity contribution in [3.63, 3.8) is 0 Å². The molecule has 9 heteroatoms. The molecule has 2 atom stereocenters. The highest BCUT2D eigenvalue weighted by Crippen LogP contribution is 2.30. The minimum atomic E-state index is -3.71. The van der Waals surface area contributed by atoms with E-state index >= 15 is 0 Å². The lowest BCUT2D eigenvalue weighted by Gasteiger charge is -2.31. The molecule has 0 N–H and O–H groups in total. The van der Waals surface area contributed by atoms with Crippen LogP contribution in [0.4, 0.5) is 0 Å². The lowest BCUT2D eigenvalue weighted by atomic mass is 10.1. The Morgan fingerprint density at radius 3 is 2.67 bits per heavy atom. The molecule has 0 aromatic heterocycles. The maximum absolute atomic E-state index is 13.5. The summed E-state index contributed by atoms with van der Waals surface area (Å²) in [5.74, 6) is 1.81. The molecule has 0 radical (unpaired) electrons. The van der Waals surface area contributed by atoms with Crippen LogP contribution in [0.15, 0.2) is 23.1 Å². The smallest absolute Gasteiger partial charge is 0.254 e. The molecule has 2 unspecified atom stereocenters. The molecule has 1 aromatic carbocycles. The number of hydrogen-bond donors (Lipinski definition) is 0. The topological polar surface area (TPSA) is 66.9 Å². The van der Waals surface area contributed by atoms with E-state index in [9.17, 15) is 13.2 Å². The lowest BCUT2D eigenvalue weighted by molar-refractivity contribution is 0.0441. The van der Waals surface area contributed by atoms with Crippen molar-refractivity contribution in [3.8, 4) is 0 Å². The first-order chi connectivity index (χ1) is 14.5. The van der Waals surface area contributed by atoms with Crippen molar-refractivity contribution in [1.29, 1.82) is 0 Å². The molecule has 0 saturated carbocycles. The molecule has 3 aliphatic rings. The Morgan fingerprint density at radius 1 is 1.20 bits per heavy atom. The van der Waals surface area contributed by atoms with Gasteiger partial charge in [0.15, 0.2) is 0 Å². The quantitative estimate of drug-likeness (QED) is 0.632. The number of halogens is 1. The number of hydrogen-bond acceptors (Lipinski definition) is 5. The number of ether oxygens (including phenoxy) is 1. The van der Waals surface area contributed by atoms with Crippen LogP contribution in [0.1, 0.15) is 48.9 Å².